The Labute approximate surface area is 694 Å². The normalized spacial score (nSPS) is 15.5. The molecule has 2 aliphatic rings. The van der Waals surface area contributed by atoms with Crippen LogP contribution in [0.1, 0.15) is 27.7 Å². The summed E-state index contributed by atoms with van der Waals surface area (Å²) < 4.78 is 236. The summed E-state index contributed by atoms with van der Waals surface area (Å²) >= 11 is 28.6. The van der Waals surface area contributed by atoms with Crippen LogP contribution in [0.3, 0.4) is 0 Å². The van der Waals surface area contributed by atoms with Crippen molar-refractivity contribution in [3.05, 3.63) is 291 Å². The largest absolute Gasteiger partial charge is 0.741 e. The molecule has 2 aliphatic heterocycles. The van der Waals surface area contributed by atoms with Crippen molar-refractivity contribution in [2.45, 2.75) is 49.7 Å². The van der Waals surface area contributed by atoms with E-state index in [2.05, 4.69) is 319 Å². The highest BCUT2D eigenvalue weighted by molar-refractivity contribution is 8.02. The zero-order valence-electron chi connectivity index (χ0n) is 60.8. The topological polar surface area (TPSA) is 229 Å². The summed E-state index contributed by atoms with van der Waals surface area (Å²) in [5, 5.41) is 18.8. The molecule has 10 aromatic rings. The van der Waals surface area contributed by atoms with Crippen LogP contribution in [0.25, 0.3) is 0 Å². The van der Waals surface area contributed by atoms with Crippen molar-refractivity contribution in [3.8, 4) is 0 Å². The molecule has 38 heteroatoms. The van der Waals surface area contributed by atoms with E-state index in [0.717, 1.165) is 24.6 Å². The minimum Gasteiger partial charge on any atom is -0.741 e. The van der Waals surface area contributed by atoms with Gasteiger partial charge in [-0.15, -0.1) is 69.6 Å². The predicted molar refractivity (Wildman–Crippen MR) is 447 cm³/mol. The first-order chi connectivity index (χ1) is 53.4. The lowest BCUT2D eigenvalue weighted by Gasteiger charge is -2.32. The molecule has 0 aromatic heterocycles. The first kappa shape index (κ1) is 102. The molecule has 12 rings (SSSR count). The van der Waals surface area contributed by atoms with Gasteiger partial charge in [-0.25, -0.2) is 33.7 Å². The number of alkyl halides is 18. The smallest absolute Gasteiger partial charge is 0.485 e. The lowest BCUT2D eigenvalue weighted by atomic mass is 10.00. The second kappa shape index (κ2) is 43.6. The van der Waals surface area contributed by atoms with Crippen molar-refractivity contribution in [1.82, 2.24) is 0 Å². The van der Waals surface area contributed by atoms with E-state index in [4.69, 9.17) is 121 Å². The van der Waals surface area contributed by atoms with Crippen LogP contribution >= 0.6 is 98.7 Å². The van der Waals surface area contributed by atoms with Gasteiger partial charge < -0.3 is 18.2 Å². The summed E-state index contributed by atoms with van der Waals surface area (Å²) in [7, 11) is -32.1. The van der Waals surface area contributed by atoms with Crippen LogP contribution < -0.4 is 63.7 Å². The van der Waals surface area contributed by atoms with Gasteiger partial charge in [-0.2, -0.15) is 52.7 Å². The SMILES string of the molecule is CC1(C)C[P+](c2ccccc2)(c2ccccc2)c2ccccc2[P+](c2ccccc2)(c2ccccc2)C1.CC1(C)C[P+](c2ccccc2)(c2ccccc2)c2ccccc2[P+](c2ccccc2)(c2ccccc2)C1.ClCCl.ClCCl.ClCCl.O=S(=O)([O-])C(F)(F)F.O=S(=O)([O-])C(F)(F)F.O=S(=O)([O-])C(F)(F)F.O=S(=O)([O-])C(F)(F)F. The van der Waals surface area contributed by atoms with Crippen molar-refractivity contribution < 1.29 is 105 Å². The van der Waals surface area contributed by atoms with Crippen molar-refractivity contribution in [3.63, 3.8) is 0 Å². The average Bonchev–Trinajstić information content (AvgIpc) is 1.58. The fourth-order valence-corrected chi connectivity index (χ4v) is 35.3. The van der Waals surface area contributed by atoms with Gasteiger partial charge >= 0.3 is 22.0 Å². The first-order valence-electron chi connectivity index (χ1n) is 33.0. The maximum Gasteiger partial charge on any atom is 0.485 e. The van der Waals surface area contributed by atoms with Gasteiger partial charge in [0, 0.05) is 10.8 Å². The van der Waals surface area contributed by atoms with E-state index in [-0.39, 0.29) is 26.8 Å². The third kappa shape index (κ3) is 27.2. The quantitative estimate of drug-likeness (QED) is 0.0455. The molecule has 0 saturated heterocycles. The molecule has 0 atom stereocenters. The Morgan fingerprint density at radius 3 is 0.417 bits per heavy atom. The lowest BCUT2D eigenvalue weighted by molar-refractivity contribution is -0.0522. The van der Waals surface area contributed by atoms with E-state index in [1.807, 2.05) is 0 Å². The fraction of sp³-hybridized carbons (Fsp3) is 0.221. The van der Waals surface area contributed by atoms with Crippen molar-refractivity contribution in [1.29, 1.82) is 0 Å². The monoisotopic (exact) mass is 1880 g/mol. The Morgan fingerprint density at radius 1 is 0.243 bits per heavy atom. The second-order valence-electron chi connectivity index (χ2n) is 25.8. The number of fused-ring (bicyclic) bond motifs is 2. The molecule has 0 bridgehead atoms. The van der Waals surface area contributed by atoms with Crippen LogP contribution in [0.5, 0.6) is 0 Å². The molecule has 12 nitrogen and oxygen atoms in total. The molecule has 115 heavy (non-hydrogen) atoms. The van der Waals surface area contributed by atoms with Crippen molar-refractivity contribution >= 4 is 203 Å². The zero-order chi connectivity index (χ0) is 86.8. The number of hydrogen-bond donors (Lipinski definition) is 0. The van der Waals surface area contributed by atoms with Gasteiger partial charge in [0.15, 0.2) is 40.5 Å². The maximum absolute atomic E-state index is 10.7. The summed E-state index contributed by atoms with van der Waals surface area (Å²) in [5.41, 5.74) is -22.3. The predicted octanol–water partition coefficient (Wildman–Crippen LogP) is 17.1. The molecule has 0 N–H and O–H groups in total. The summed E-state index contributed by atoms with van der Waals surface area (Å²) in [5.74, 6) is 0. The minimum absolute atomic E-state index is 0.123. The van der Waals surface area contributed by atoms with Gasteiger partial charge in [-0.3, -0.25) is 0 Å². The Hall–Kier alpha value is -5.54. The van der Waals surface area contributed by atoms with E-state index in [1.165, 1.54) is 42.4 Å². The fourth-order valence-electron chi connectivity index (χ4n) is 13.1. The Balaban J connectivity index is 0.000000329. The highest BCUT2D eigenvalue weighted by Crippen LogP contribution is 2.70. The molecular weight excluding hydrogens is 1810 g/mol. The minimum atomic E-state index is -6.09. The van der Waals surface area contributed by atoms with Gasteiger partial charge in [0.2, 0.25) is 0 Å². The summed E-state index contributed by atoms with van der Waals surface area (Å²) in [6, 6.07) is 110. The van der Waals surface area contributed by atoms with Crippen LogP contribution in [0.4, 0.5) is 52.7 Å². The van der Waals surface area contributed by atoms with Crippen LogP contribution in [0.15, 0.2) is 291 Å². The van der Waals surface area contributed by atoms with Crippen LogP contribution in [-0.4, -0.2) is 115 Å². The summed E-state index contributed by atoms with van der Waals surface area (Å²) in [4.78, 5) is 0. The molecule has 0 amide bonds. The molecular formula is C77H74Cl6F12O12P4S4. The van der Waals surface area contributed by atoms with E-state index < -0.39 is 91.6 Å². The zero-order valence-corrected chi connectivity index (χ0v) is 72.2. The number of rotatable bonds is 8. The molecule has 2 heterocycles. The van der Waals surface area contributed by atoms with E-state index in [9.17, 15) is 52.7 Å². The molecule has 0 unspecified atom stereocenters. The number of halogens is 18. The van der Waals surface area contributed by atoms with Crippen LogP contribution in [0.2, 0.25) is 0 Å². The third-order valence-corrected chi connectivity index (χ3v) is 39.0. The summed E-state index contributed by atoms with van der Waals surface area (Å²) in [6.45, 7) is 10.1. The first-order valence-corrected chi connectivity index (χ1v) is 49.7. The van der Waals surface area contributed by atoms with Gasteiger partial charge in [0.05, 0.1) is 40.7 Å². The highest BCUT2D eigenvalue weighted by Gasteiger charge is 2.65. The Morgan fingerprint density at radius 2 is 0.330 bits per heavy atom. The molecule has 0 fully saturated rings. The average molecular weight is 1880 g/mol. The van der Waals surface area contributed by atoms with E-state index in [1.54, 1.807) is 21.2 Å². The third-order valence-electron chi connectivity index (χ3n) is 16.8. The van der Waals surface area contributed by atoms with E-state index >= 15 is 0 Å². The lowest BCUT2D eigenvalue weighted by Crippen LogP contribution is -2.43. The van der Waals surface area contributed by atoms with Gasteiger partial charge in [0.1, 0.15) is 92.7 Å². The van der Waals surface area contributed by atoms with Gasteiger partial charge in [0.25, 0.3) is 0 Å². The maximum atomic E-state index is 10.7. The standard InChI is InChI=1S/2C35H34P2.3CH2Cl2.4CHF3O3S/c2*1-35(2)27-36(29-17-7-3-8-18-29,30-19-9-4-10-20-30)33-25-15-16-26-34(33)37(28-35,31-21-11-5-12-22-31)32-23-13-6-14-24-32;3*2-1-3;4*2-1(3,4)8(5,6)7/h2*3-26H,27-28H2,1-2H3;3*1H2;4*(H,5,6,7)/q2*+2;;;;;;;/p-4. The Kier molecular flexibility index (Phi) is 38.6. The number of hydrogen-bond acceptors (Lipinski definition) is 12. The molecule has 0 saturated carbocycles. The summed E-state index contributed by atoms with van der Waals surface area (Å²) in [6.07, 6.45) is 4.64. The van der Waals surface area contributed by atoms with Crippen molar-refractivity contribution in [2.24, 2.45) is 10.8 Å². The van der Waals surface area contributed by atoms with Gasteiger partial charge in [-0.05, 0) is 121 Å². The molecule has 624 valence electrons. The van der Waals surface area contributed by atoms with E-state index in [0.29, 0.717) is 0 Å². The Bertz CT molecular complexity index is 4310. The molecule has 10 aromatic carbocycles. The van der Waals surface area contributed by atoms with Crippen LogP contribution in [-0.2, 0) is 40.5 Å². The van der Waals surface area contributed by atoms with Crippen LogP contribution in [0, 0.1) is 10.8 Å². The van der Waals surface area contributed by atoms with Crippen molar-refractivity contribution in [2.75, 3.05) is 40.7 Å². The van der Waals surface area contributed by atoms with Gasteiger partial charge in [-0.1, -0.05) is 198 Å². The highest BCUT2D eigenvalue weighted by atomic mass is 35.5. The molecule has 0 spiro atoms. The molecule has 0 aliphatic carbocycles. The number of benzene rings is 10. The molecule has 0 radical (unpaired) electrons. The second-order valence-corrected chi connectivity index (χ2v) is 47.5.